The van der Waals surface area contributed by atoms with Crippen LogP contribution in [-0.2, 0) is 14.3 Å². The molecule has 0 aliphatic heterocycles. The van der Waals surface area contributed by atoms with Gasteiger partial charge in [0.25, 0.3) is 0 Å². The lowest BCUT2D eigenvalue weighted by molar-refractivity contribution is -0.147. The average molecular weight is 355 g/mol. The van der Waals surface area contributed by atoms with E-state index in [2.05, 4.69) is 10.6 Å². The molecule has 142 valence electrons. The number of nitrogens with one attached hydrogen (secondary N) is 2. The molecule has 2 aliphatic carbocycles. The zero-order valence-electron chi connectivity index (χ0n) is 15.0. The predicted octanol–water partition coefficient (Wildman–Crippen LogP) is 0.955. The summed E-state index contributed by atoms with van der Waals surface area (Å²) in [5.41, 5.74) is 0. The molecule has 2 rings (SSSR count). The summed E-state index contributed by atoms with van der Waals surface area (Å²) in [7, 11) is 0. The van der Waals surface area contributed by atoms with Crippen LogP contribution >= 0.6 is 0 Å². The number of rotatable bonds is 8. The monoisotopic (exact) mass is 355 g/mol. The van der Waals surface area contributed by atoms with Gasteiger partial charge in [-0.05, 0) is 45.6 Å². The van der Waals surface area contributed by atoms with E-state index in [0.717, 1.165) is 25.7 Å². The van der Waals surface area contributed by atoms with Crippen LogP contribution in [0.3, 0.4) is 0 Å². The van der Waals surface area contributed by atoms with Gasteiger partial charge in [-0.2, -0.15) is 0 Å². The van der Waals surface area contributed by atoms with Crippen LogP contribution in [-0.4, -0.2) is 65.8 Å². The number of nitrogens with zero attached hydrogens (tertiary/aromatic N) is 1. The second-order valence-electron chi connectivity index (χ2n) is 6.86. The summed E-state index contributed by atoms with van der Waals surface area (Å²) in [4.78, 5) is 36.5. The summed E-state index contributed by atoms with van der Waals surface area (Å²) >= 11 is 0. The molecule has 8 heteroatoms. The van der Waals surface area contributed by atoms with Crippen LogP contribution in [0, 0.1) is 5.92 Å². The third kappa shape index (κ3) is 5.59. The maximum absolute atomic E-state index is 12.1. The third-order valence-electron chi connectivity index (χ3n) is 5.10. The summed E-state index contributed by atoms with van der Waals surface area (Å²) in [5, 5.41) is 14.8. The molecular weight excluding hydrogens is 326 g/mol. The zero-order valence-corrected chi connectivity index (χ0v) is 15.0. The Balaban J connectivity index is 1.66. The maximum atomic E-state index is 12.1. The van der Waals surface area contributed by atoms with Gasteiger partial charge in [-0.25, -0.2) is 4.79 Å². The second-order valence-corrected chi connectivity index (χ2v) is 6.86. The van der Waals surface area contributed by atoms with Gasteiger partial charge in [-0.3, -0.25) is 14.5 Å². The van der Waals surface area contributed by atoms with Crippen molar-refractivity contribution in [2.24, 2.45) is 5.92 Å². The SMILES string of the molecule is CCOC(=O)[C@@H]1CC[C@H](NC(=O)NC2CC(N(CC)CC(=O)O)C2)C1. The molecule has 0 aromatic rings. The molecule has 0 saturated heterocycles. The van der Waals surface area contributed by atoms with Crippen LogP contribution in [0.15, 0.2) is 0 Å². The molecule has 0 spiro atoms. The Morgan fingerprint density at radius 1 is 1.08 bits per heavy atom. The lowest BCUT2D eigenvalue weighted by Crippen LogP contribution is -2.57. The minimum absolute atomic E-state index is 0.00410. The van der Waals surface area contributed by atoms with E-state index >= 15 is 0 Å². The highest BCUT2D eigenvalue weighted by Gasteiger charge is 2.36. The molecule has 0 bridgehead atoms. The largest absolute Gasteiger partial charge is 0.480 e. The first-order chi connectivity index (χ1) is 11.9. The van der Waals surface area contributed by atoms with Gasteiger partial charge in [0, 0.05) is 18.1 Å². The molecule has 0 radical (unpaired) electrons. The van der Waals surface area contributed by atoms with Crippen LogP contribution in [0.1, 0.15) is 46.0 Å². The van der Waals surface area contributed by atoms with Crippen molar-refractivity contribution in [3.05, 3.63) is 0 Å². The number of urea groups is 1. The van der Waals surface area contributed by atoms with Gasteiger partial charge in [-0.1, -0.05) is 6.92 Å². The predicted molar refractivity (Wildman–Crippen MR) is 91.1 cm³/mol. The van der Waals surface area contributed by atoms with Gasteiger partial charge in [0.15, 0.2) is 0 Å². The topological polar surface area (TPSA) is 108 Å². The Kier molecular flexibility index (Phi) is 7.04. The van der Waals surface area contributed by atoms with Crippen LogP contribution < -0.4 is 10.6 Å². The Morgan fingerprint density at radius 2 is 1.76 bits per heavy atom. The lowest BCUT2D eigenvalue weighted by Gasteiger charge is -2.42. The fourth-order valence-corrected chi connectivity index (χ4v) is 3.68. The van der Waals surface area contributed by atoms with Gasteiger partial charge in [0.05, 0.1) is 19.1 Å². The van der Waals surface area contributed by atoms with E-state index in [9.17, 15) is 14.4 Å². The Morgan fingerprint density at radius 3 is 2.36 bits per heavy atom. The first kappa shape index (κ1) is 19.5. The number of carboxylic acid groups (broad SMARTS) is 1. The van der Waals surface area contributed by atoms with Crippen LogP contribution in [0.25, 0.3) is 0 Å². The van der Waals surface area contributed by atoms with Crippen molar-refractivity contribution in [3.8, 4) is 0 Å². The Labute approximate surface area is 148 Å². The lowest BCUT2D eigenvalue weighted by atomic mass is 9.85. The van der Waals surface area contributed by atoms with Gasteiger partial charge in [0.2, 0.25) is 0 Å². The molecule has 2 amide bonds. The molecular formula is C17H29N3O5. The van der Waals surface area contributed by atoms with Gasteiger partial charge < -0.3 is 20.5 Å². The Bertz CT molecular complexity index is 493. The summed E-state index contributed by atoms with van der Waals surface area (Å²) in [6, 6.07) is 0.0878. The van der Waals surface area contributed by atoms with Crippen molar-refractivity contribution in [3.63, 3.8) is 0 Å². The molecule has 0 aromatic heterocycles. The fourth-order valence-electron chi connectivity index (χ4n) is 3.68. The first-order valence-corrected chi connectivity index (χ1v) is 9.12. The maximum Gasteiger partial charge on any atom is 0.317 e. The van der Waals surface area contributed by atoms with Crippen LogP contribution in [0.2, 0.25) is 0 Å². The number of amides is 2. The average Bonchev–Trinajstić information content (AvgIpc) is 2.97. The van der Waals surface area contributed by atoms with E-state index in [0.29, 0.717) is 19.6 Å². The van der Waals surface area contributed by atoms with E-state index in [4.69, 9.17) is 9.84 Å². The van der Waals surface area contributed by atoms with Crippen molar-refractivity contribution in [1.29, 1.82) is 0 Å². The molecule has 0 aromatic carbocycles. The highest BCUT2D eigenvalue weighted by Crippen LogP contribution is 2.27. The summed E-state index contributed by atoms with van der Waals surface area (Å²) in [5.74, 6) is -1.12. The molecule has 3 N–H and O–H groups in total. The number of likely N-dealkylation sites (N-methyl/N-ethyl adjacent to an activating group) is 1. The Hall–Kier alpha value is -1.83. The standard InChI is InChI=1S/C17H29N3O5/c1-3-20(10-15(21)22)14-8-13(9-14)19-17(24)18-12-6-5-11(7-12)16(23)25-4-2/h11-14H,3-10H2,1-2H3,(H,21,22)(H2,18,19,24)/t11-,12+,13?,14?/m1/s1. The van der Waals surface area contributed by atoms with Crippen LogP contribution in [0.4, 0.5) is 4.79 Å². The van der Waals surface area contributed by atoms with E-state index in [1.807, 2.05) is 11.8 Å². The zero-order chi connectivity index (χ0) is 18.4. The smallest absolute Gasteiger partial charge is 0.317 e. The molecule has 2 saturated carbocycles. The van der Waals surface area contributed by atoms with E-state index in [-0.39, 0.29) is 42.6 Å². The molecule has 2 aliphatic rings. The number of hydrogen-bond acceptors (Lipinski definition) is 5. The second kappa shape index (κ2) is 9.03. The number of carbonyl (C=O) groups excluding carboxylic acids is 2. The molecule has 25 heavy (non-hydrogen) atoms. The van der Waals surface area contributed by atoms with Crippen molar-refractivity contribution < 1.29 is 24.2 Å². The number of carboxylic acids is 1. The van der Waals surface area contributed by atoms with Crippen molar-refractivity contribution in [1.82, 2.24) is 15.5 Å². The third-order valence-corrected chi connectivity index (χ3v) is 5.10. The number of carbonyl (C=O) groups is 3. The van der Waals surface area contributed by atoms with Gasteiger partial charge in [-0.15, -0.1) is 0 Å². The highest BCUT2D eigenvalue weighted by atomic mass is 16.5. The summed E-state index contributed by atoms with van der Waals surface area (Å²) < 4.78 is 5.03. The van der Waals surface area contributed by atoms with Gasteiger partial charge in [0.1, 0.15) is 0 Å². The molecule has 2 fully saturated rings. The molecule has 2 atom stereocenters. The van der Waals surface area contributed by atoms with Crippen LogP contribution in [0.5, 0.6) is 0 Å². The van der Waals surface area contributed by atoms with Crippen molar-refractivity contribution >= 4 is 18.0 Å². The first-order valence-electron chi connectivity index (χ1n) is 9.12. The number of esters is 1. The minimum atomic E-state index is -0.826. The normalized spacial score (nSPS) is 28.3. The molecule has 8 nitrogen and oxygen atoms in total. The van der Waals surface area contributed by atoms with Crippen molar-refractivity contribution in [2.75, 3.05) is 19.7 Å². The van der Waals surface area contributed by atoms with Gasteiger partial charge >= 0.3 is 18.0 Å². The highest BCUT2D eigenvalue weighted by molar-refractivity contribution is 5.76. The summed E-state index contributed by atoms with van der Waals surface area (Å²) in [6.45, 7) is 4.84. The molecule has 0 heterocycles. The van der Waals surface area contributed by atoms with E-state index in [1.54, 1.807) is 6.92 Å². The number of aliphatic carboxylic acids is 1. The number of hydrogen-bond donors (Lipinski definition) is 3. The summed E-state index contributed by atoms with van der Waals surface area (Å²) in [6.07, 6.45) is 3.69. The minimum Gasteiger partial charge on any atom is -0.480 e. The molecule has 0 unspecified atom stereocenters. The van der Waals surface area contributed by atoms with Crippen molar-refractivity contribution in [2.45, 2.75) is 64.1 Å². The fraction of sp³-hybridized carbons (Fsp3) is 0.824. The number of ether oxygens (including phenoxy) is 1. The van der Waals surface area contributed by atoms with E-state index < -0.39 is 5.97 Å². The van der Waals surface area contributed by atoms with E-state index in [1.165, 1.54) is 0 Å². The quantitative estimate of drug-likeness (QED) is 0.560.